The van der Waals surface area contributed by atoms with Crippen molar-refractivity contribution in [3.8, 4) is 0 Å². The molecule has 1 aliphatic heterocycles. The van der Waals surface area contributed by atoms with Gasteiger partial charge in [0.1, 0.15) is 6.10 Å². The first-order valence-corrected chi connectivity index (χ1v) is 15.3. The Hall–Kier alpha value is -3.85. The zero-order valence-electron chi connectivity index (χ0n) is 25.5. The molecule has 0 bridgehead atoms. The monoisotopic (exact) mass is 633 g/mol. The molecule has 1 aromatic carbocycles. The van der Waals surface area contributed by atoms with Crippen LogP contribution in [0, 0.1) is 0 Å². The molecule has 1 aliphatic carbocycles. The van der Waals surface area contributed by atoms with E-state index in [0.717, 1.165) is 32.1 Å². The molecule has 0 spiro atoms. The summed E-state index contributed by atoms with van der Waals surface area (Å²) in [5, 5.41) is 6.01. The highest BCUT2D eigenvalue weighted by Gasteiger charge is 2.32. The number of benzene rings is 1. The molecule has 0 saturated carbocycles. The quantitative estimate of drug-likeness (QED) is 0.131. The van der Waals surface area contributed by atoms with Gasteiger partial charge in [-0.1, -0.05) is 12.2 Å². The Balaban J connectivity index is 1.10. The Kier molecular flexibility index (Phi) is 16.6. The third kappa shape index (κ3) is 14.7. The Bertz CT molecular complexity index is 1110. The fraction of sp³-hybridized carbons (Fsp3) is 0.581. The summed E-state index contributed by atoms with van der Waals surface area (Å²) >= 11 is 0. The lowest BCUT2D eigenvalue weighted by Gasteiger charge is -2.18. The van der Waals surface area contributed by atoms with Crippen LogP contribution in [-0.2, 0) is 42.9 Å². The molecule has 248 valence electrons. The second-order valence-corrected chi connectivity index (χ2v) is 10.2. The van der Waals surface area contributed by atoms with Crippen molar-refractivity contribution in [1.82, 2.24) is 10.4 Å². The predicted molar refractivity (Wildman–Crippen MR) is 160 cm³/mol. The SMILES string of the molecule is O=C(CCOCCOCCOCCOCCNC(=O)c1ccc(NC(=O)OC2CC/C=C/CCC2)cc1)ON1C(=O)CCC1=O. The van der Waals surface area contributed by atoms with Gasteiger partial charge < -0.3 is 33.8 Å². The summed E-state index contributed by atoms with van der Waals surface area (Å²) in [6.07, 6.45) is 8.28. The topological polar surface area (TPSA) is 168 Å². The van der Waals surface area contributed by atoms with E-state index in [-0.39, 0.29) is 44.5 Å². The number of hydrogen-bond donors (Lipinski definition) is 2. The van der Waals surface area contributed by atoms with Gasteiger partial charge in [-0.05, 0) is 56.4 Å². The van der Waals surface area contributed by atoms with Gasteiger partial charge in [-0.25, -0.2) is 9.59 Å². The normalized spacial score (nSPS) is 17.3. The third-order valence-corrected chi connectivity index (χ3v) is 6.68. The Morgan fingerprint density at radius 1 is 0.756 bits per heavy atom. The second kappa shape index (κ2) is 21.0. The van der Waals surface area contributed by atoms with E-state index in [9.17, 15) is 24.0 Å². The number of imide groups is 1. The first kappa shape index (κ1) is 35.6. The van der Waals surface area contributed by atoms with Crippen molar-refractivity contribution in [3.63, 3.8) is 0 Å². The van der Waals surface area contributed by atoms with E-state index >= 15 is 0 Å². The molecule has 14 heteroatoms. The summed E-state index contributed by atoms with van der Waals surface area (Å²) in [7, 11) is 0. The number of nitrogens with one attached hydrogen (secondary N) is 2. The van der Waals surface area contributed by atoms with Crippen LogP contribution in [0.25, 0.3) is 0 Å². The third-order valence-electron chi connectivity index (χ3n) is 6.68. The van der Waals surface area contributed by atoms with Crippen molar-refractivity contribution in [2.24, 2.45) is 0 Å². The van der Waals surface area contributed by atoms with E-state index in [2.05, 4.69) is 22.8 Å². The maximum absolute atomic E-state index is 12.4. The zero-order valence-corrected chi connectivity index (χ0v) is 25.5. The van der Waals surface area contributed by atoms with E-state index in [0.29, 0.717) is 62.5 Å². The summed E-state index contributed by atoms with van der Waals surface area (Å²) in [5.74, 6) is -2.00. The Labute approximate surface area is 262 Å². The van der Waals surface area contributed by atoms with Gasteiger partial charge in [0, 0.05) is 30.6 Å². The molecule has 1 unspecified atom stereocenters. The molecule has 4 amide bonds. The molecule has 45 heavy (non-hydrogen) atoms. The van der Waals surface area contributed by atoms with Crippen molar-refractivity contribution >= 4 is 35.5 Å². The lowest BCUT2D eigenvalue weighted by molar-refractivity contribution is -0.198. The number of anilines is 1. The number of hydrogen-bond acceptors (Lipinski definition) is 11. The first-order valence-electron chi connectivity index (χ1n) is 15.3. The average Bonchev–Trinajstić information content (AvgIpc) is 3.32. The minimum absolute atomic E-state index is 0.0495. The van der Waals surface area contributed by atoms with Crippen LogP contribution in [0.2, 0.25) is 0 Å². The molecule has 1 saturated heterocycles. The van der Waals surface area contributed by atoms with E-state index < -0.39 is 23.9 Å². The fourth-order valence-electron chi connectivity index (χ4n) is 4.31. The summed E-state index contributed by atoms with van der Waals surface area (Å²) in [4.78, 5) is 63.8. The van der Waals surface area contributed by atoms with Gasteiger partial charge in [0.15, 0.2) is 0 Å². The van der Waals surface area contributed by atoms with Crippen LogP contribution in [0.1, 0.15) is 61.7 Å². The number of carbonyl (C=O) groups excluding carboxylic acids is 5. The number of ether oxygens (including phenoxy) is 5. The van der Waals surface area contributed by atoms with Gasteiger partial charge in [-0.3, -0.25) is 19.7 Å². The van der Waals surface area contributed by atoms with E-state index in [1.54, 1.807) is 24.3 Å². The van der Waals surface area contributed by atoms with Crippen LogP contribution in [0.4, 0.5) is 10.5 Å². The second-order valence-electron chi connectivity index (χ2n) is 10.2. The highest BCUT2D eigenvalue weighted by atomic mass is 16.7. The molecular weight excluding hydrogens is 590 g/mol. The van der Waals surface area contributed by atoms with Crippen molar-refractivity contribution in [2.75, 3.05) is 64.7 Å². The predicted octanol–water partition coefficient (Wildman–Crippen LogP) is 2.92. The van der Waals surface area contributed by atoms with E-state index in [4.69, 9.17) is 28.5 Å². The van der Waals surface area contributed by atoms with Crippen molar-refractivity contribution in [3.05, 3.63) is 42.0 Å². The smallest absolute Gasteiger partial charge is 0.411 e. The van der Waals surface area contributed by atoms with Crippen LogP contribution < -0.4 is 10.6 Å². The van der Waals surface area contributed by atoms with Gasteiger partial charge in [-0.2, -0.15) is 0 Å². The summed E-state index contributed by atoms with van der Waals surface area (Å²) < 4.78 is 27.1. The minimum Gasteiger partial charge on any atom is -0.446 e. The largest absolute Gasteiger partial charge is 0.446 e. The molecular formula is C31H43N3O11. The van der Waals surface area contributed by atoms with Crippen LogP contribution in [0.5, 0.6) is 0 Å². The fourth-order valence-corrected chi connectivity index (χ4v) is 4.31. The minimum atomic E-state index is -0.713. The number of nitrogens with zero attached hydrogens (tertiary/aromatic N) is 1. The number of allylic oxidation sites excluding steroid dienone is 2. The zero-order chi connectivity index (χ0) is 32.1. The van der Waals surface area contributed by atoms with E-state index in [1.807, 2.05) is 0 Å². The number of rotatable bonds is 19. The maximum Gasteiger partial charge on any atom is 0.411 e. The maximum atomic E-state index is 12.4. The Morgan fingerprint density at radius 3 is 2.02 bits per heavy atom. The highest BCUT2D eigenvalue weighted by molar-refractivity contribution is 6.01. The standard InChI is InChI=1S/C31H43N3O11/c35-27-12-13-28(36)34(27)45-29(37)14-16-40-18-20-42-22-23-43-21-19-41-17-15-32-30(38)24-8-10-25(11-9-24)33-31(39)44-26-6-4-2-1-3-5-7-26/h1-2,8-11,26H,3-7,12-23H2,(H,32,38)(H,33,39)/b2-1+. The molecule has 2 N–H and O–H groups in total. The van der Waals surface area contributed by atoms with Crippen LogP contribution in [-0.4, -0.2) is 100 Å². The molecule has 0 aromatic heterocycles. The highest BCUT2D eigenvalue weighted by Crippen LogP contribution is 2.17. The molecule has 1 atom stereocenters. The van der Waals surface area contributed by atoms with Gasteiger partial charge in [-0.15, -0.1) is 5.06 Å². The van der Waals surface area contributed by atoms with Crippen LogP contribution in [0.15, 0.2) is 36.4 Å². The van der Waals surface area contributed by atoms with Gasteiger partial charge in [0.05, 0.1) is 59.3 Å². The molecule has 1 aromatic rings. The Morgan fingerprint density at radius 2 is 1.36 bits per heavy atom. The van der Waals surface area contributed by atoms with Crippen molar-refractivity contribution in [2.45, 2.75) is 57.5 Å². The molecule has 1 fully saturated rings. The molecule has 2 aliphatic rings. The van der Waals surface area contributed by atoms with Crippen molar-refractivity contribution < 1.29 is 52.5 Å². The van der Waals surface area contributed by atoms with Crippen LogP contribution in [0.3, 0.4) is 0 Å². The van der Waals surface area contributed by atoms with Gasteiger partial charge in [0.25, 0.3) is 17.7 Å². The lowest BCUT2D eigenvalue weighted by atomic mass is 10.0. The van der Waals surface area contributed by atoms with Gasteiger partial charge >= 0.3 is 12.1 Å². The summed E-state index contributed by atoms with van der Waals surface area (Å²) in [6, 6.07) is 6.59. The number of amides is 4. The average molecular weight is 634 g/mol. The lowest BCUT2D eigenvalue weighted by Crippen LogP contribution is -2.32. The first-order chi connectivity index (χ1) is 21.9. The molecule has 3 rings (SSSR count). The summed E-state index contributed by atoms with van der Waals surface area (Å²) in [6.45, 7) is 2.75. The van der Waals surface area contributed by atoms with Crippen molar-refractivity contribution in [1.29, 1.82) is 0 Å². The van der Waals surface area contributed by atoms with Crippen LogP contribution >= 0.6 is 0 Å². The summed E-state index contributed by atoms with van der Waals surface area (Å²) in [5.41, 5.74) is 1.02. The van der Waals surface area contributed by atoms with E-state index in [1.165, 1.54) is 0 Å². The number of hydroxylamine groups is 2. The molecule has 1 heterocycles. The number of carbonyl (C=O) groups is 5. The van der Waals surface area contributed by atoms with Gasteiger partial charge in [0.2, 0.25) is 0 Å². The molecule has 14 nitrogen and oxygen atoms in total. The molecule has 0 radical (unpaired) electrons.